The van der Waals surface area contributed by atoms with E-state index in [1.807, 2.05) is 0 Å². The number of nitro groups is 1. The molecule has 0 radical (unpaired) electrons. The van der Waals surface area contributed by atoms with E-state index in [-0.39, 0.29) is 22.1 Å². The summed E-state index contributed by atoms with van der Waals surface area (Å²) in [4.78, 5) is 30.8. The smallest absolute Gasteiger partial charge is 0.282 e. The summed E-state index contributed by atoms with van der Waals surface area (Å²) in [5.74, 6) is 0.175. The summed E-state index contributed by atoms with van der Waals surface area (Å²) in [5, 5.41) is 15.2. The van der Waals surface area contributed by atoms with Crippen molar-refractivity contribution < 1.29 is 23.2 Å². The fraction of sp³-hybridized carbons (Fsp3) is 0.182. The van der Waals surface area contributed by atoms with E-state index in [4.69, 9.17) is 4.74 Å². The number of hydrogen-bond acceptors (Lipinski definition) is 8. The second-order valence-electron chi connectivity index (χ2n) is 6.85. The Morgan fingerprint density at radius 3 is 2.74 bits per heavy atom. The number of halogens is 2. The number of alkyl halides is 2. The first-order chi connectivity index (χ1) is 16.3. The fourth-order valence-electron chi connectivity index (χ4n) is 2.93. The van der Waals surface area contributed by atoms with Gasteiger partial charge in [-0.3, -0.25) is 14.9 Å². The monoisotopic (exact) mass is 487 g/mol. The minimum absolute atomic E-state index is 0.113. The molecule has 34 heavy (non-hydrogen) atoms. The van der Waals surface area contributed by atoms with Crippen LogP contribution in [0, 0.1) is 17.0 Å². The van der Waals surface area contributed by atoms with Gasteiger partial charge in [0.1, 0.15) is 17.0 Å². The van der Waals surface area contributed by atoms with Crippen molar-refractivity contribution in [1.29, 1.82) is 0 Å². The molecule has 0 aliphatic heterocycles. The number of methoxy groups -OCH3 is 1. The lowest BCUT2D eigenvalue weighted by molar-refractivity contribution is -0.385. The van der Waals surface area contributed by atoms with Crippen molar-refractivity contribution in [2.75, 3.05) is 7.11 Å². The first-order valence-electron chi connectivity index (χ1n) is 9.78. The molecule has 1 aromatic heterocycles. The van der Waals surface area contributed by atoms with E-state index in [9.17, 15) is 23.7 Å². The predicted octanol–water partition coefficient (Wildman–Crippen LogP) is 4.70. The van der Waals surface area contributed by atoms with Gasteiger partial charge >= 0.3 is 0 Å². The van der Waals surface area contributed by atoms with Crippen molar-refractivity contribution >= 4 is 29.6 Å². The van der Waals surface area contributed by atoms with Gasteiger partial charge in [-0.1, -0.05) is 23.9 Å². The maximum Gasteiger partial charge on any atom is 0.282 e. The molecule has 1 amide bonds. The second kappa shape index (κ2) is 11.3. The molecular weight excluding hydrogens is 468 g/mol. The number of carbonyl (C=O) groups excluding carboxylic acids is 1. The van der Waals surface area contributed by atoms with Gasteiger partial charge in [0.15, 0.2) is 5.16 Å². The van der Waals surface area contributed by atoms with E-state index in [2.05, 4.69) is 20.5 Å². The largest absolute Gasteiger partial charge is 0.496 e. The molecule has 1 N–H and O–H groups in total. The molecule has 176 valence electrons. The molecule has 0 bridgehead atoms. The molecule has 0 aliphatic rings. The maximum atomic E-state index is 13.0. The quantitative estimate of drug-likeness (QED) is 0.153. The number of carbonyl (C=O) groups is 1. The van der Waals surface area contributed by atoms with Gasteiger partial charge in [0.05, 0.1) is 18.2 Å². The van der Waals surface area contributed by atoms with Crippen molar-refractivity contribution in [3.8, 4) is 5.75 Å². The van der Waals surface area contributed by atoms with E-state index in [1.54, 1.807) is 25.1 Å². The Kier molecular flexibility index (Phi) is 8.19. The Labute approximate surface area is 197 Å². The molecule has 0 saturated carbocycles. The lowest BCUT2D eigenvalue weighted by atomic mass is 10.1. The third-order valence-corrected chi connectivity index (χ3v) is 5.36. The number of thioether (sulfide) groups is 1. The minimum Gasteiger partial charge on any atom is -0.496 e. The molecule has 12 heteroatoms. The van der Waals surface area contributed by atoms with Crippen LogP contribution in [0.1, 0.15) is 39.3 Å². The van der Waals surface area contributed by atoms with Crippen molar-refractivity contribution in [1.82, 2.24) is 15.4 Å². The van der Waals surface area contributed by atoms with Gasteiger partial charge in [0.2, 0.25) is 0 Å². The lowest BCUT2D eigenvalue weighted by Gasteiger charge is -2.10. The van der Waals surface area contributed by atoms with Crippen LogP contribution in [0.2, 0.25) is 0 Å². The number of rotatable bonds is 9. The van der Waals surface area contributed by atoms with Gasteiger partial charge in [0.25, 0.3) is 18.0 Å². The Hall–Kier alpha value is -3.93. The number of ether oxygens (including phenoxy) is 1. The second-order valence-corrected chi connectivity index (χ2v) is 7.79. The number of aromatic nitrogens is 2. The fourth-order valence-corrected chi connectivity index (χ4v) is 3.81. The van der Waals surface area contributed by atoms with Crippen molar-refractivity contribution in [2.24, 2.45) is 5.10 Å². The van der Waals surface area contributed by atoms with Gasteiger partial charge in [-0.05, 0) is 42.8 Å². The summed E-state index contributed by atoms with van der Waals surface area (Å²) in [6.45, 7) is 1.62. The van der Waals surface area contributed by atoms with Crippen LogP contribution in [0.3, 0.4) is 0 Å². The number of nitro benzene ring substituents is 1. The lowest BCUT2D eigenvalue weighted by Crippen LogP contribution is -2.18. The van der Waals surface area contributed by atoms with Gasteiger partial charge in [0, 0.05) is 23.1 Å². The zero-order chi connectivity index (χ0) is 24.7. The first-order valence-corrected chi connectivity index (χ1v) is 10.8. The SMILES string of the molecule is COc1ccc(C=NNC(=O)c2ccccc2[N+](=O)[O-])cc1CSc1nc(C)cc(C(F)F)n1. The van der Waals surface area contributed by atoms with Gasteiger partial charge in [-0.2, -0.15) is 5.10 Å². The minimum atomic E-state index is -2.69. The molecule has 3 aromatic rings. The van der Waals surface area contributed by atoms with Crippen LogP contribution in [0.5, 0.6) is 5.75 Å². The van der Waals surface area contributed by atoms with Crippen molar-refractivity contribution in [3.05, 3.63) is 86.7 Å². The van der Waals surface area contributed by atoms with Crippen LogP contribution in [-0.2, 0) is 5.75 Å². The van der Waals surface area contributed by atoms with Crippen molar-refractivity contribution in [3.63, 3.8) is 0 Å². The standard InChI is InChI=1S/C22H19F2N5O4S/c1-13-9-17(20(23)24)27-22(26-13)34-12-15-10-14(7-8-19(15)33-2)11-25-28-21(30)16-5-3-4-6-18(16)29(31)32/h3-11,20H,12H2,1-2H3,(H,28,30). The van der Waals surface area contributed by atoms with Gasteiger partial charge in [-0.15, -0.1) is 0 Å². The highest BCUT2D eigenvalue weighted by atomic mass is 32.2. The van der Waals surface area contributed by atoms with Crippen LogP contribution in [0.25, 0.3) is 0 Å². The molecular formula is C22H19F2N5O4S. The summed E-state index contributed by atoms with van der Waals surface area (Å²) in [7, 11) is 1.50. The Balaban J connectivity index is 1.72. The molecule has 2 aromatic carbocycles. The van der Waals surface area contributed by atoms with Crippen LogP contribution in [0.15, 0.2) is 58.8 Å². The number of benzene rings is 2. The summed E-state index contributed by atoms with van der Waals surface area (Å²) in [5.41, 5.74) is 3.27. The molecule has 9 nitrogen and oxygen atoms in total. The van der Waals surface area contributed by atoms with Crippen LogP contribution in [-0.4, -0.2) is 34.1 Å². The number of nitrogens with one attached hydrogen (secondary N) is 1. The first kappa shape index (κ1) is 24.7. The Morgan fingerprint density at radius 1 is 1.26 bits per heavy atom. The highest BCUT2D eigenvalue weighted by Gasteiger charge is 2.18. The van der Waals surface area contributed by atoms with E-state index in [1.165, 1.54) is 55.4 Å². The number of hydrazone groups is 1. The Morgan fingerprint density at radius 2 is 2.03 bits per heavy atom. The summed E-state index contributed by atoms with van der Waals surface area (Å²) < 4.78 is 31.4. The number of para-hydroxylation sites is 1. The summed E-state index contributed by atoms with van der Waals surface area (Å²) >= 11 is 1.17. The number of nitrogens with zero attached hydrogens (tertiary/aromatic N) is 4. The molecule has 3 rings (SSSR count). The predicted molar refractivity (Wildman–Crippen MR) is 122 cm³/mol. The molecule has 0 spiro atoms. The molecule has 0 atom stereocenters. The molecule has 0 aliphatic carbocycles. The van der Waals surface area contributed by atoms with Crippen LogP contribution < -0.4 is 10.2 Å². The normalized spacial score (nSPS) is 11.1. The van der Waals surface area contributed by atoms with Crippen LogP contribution >= 0.6 is 11.8 Å². The number of amides is 1. The molecule has 0 saturated heterocycles. The topological polar surface area (TPSA) is 120 Å². The molecule has 0 unspecified atom stereocenters. The third kappa shape index (κ3) is 6.32. The van der Waals surface area contributed by atoms with E-state index in [0.29, 0.717) is 22.8 Å². The summed E-state index contributed by atoms with van der Waals surface area (Å²) in [6.07, 6.45) is -1.32. The van der Waals surface area contributed by atoms with Crippen LogP contribution in [0.4, 0.5) is 14.5 Å². The van der Waals surface area contributed by atoms with Gasteiger partial charge < -0.3 is 4.74 Å². The summed E-state index contributed by atoms with van der Waals surface area (Å²) in [6, 6.07) is 11.9. The Bertz CT molecular complexity index is 1240. The zero-order valence-corrected chi connectivity index (χ0v) is 18.9. The molecule has 1 heterocycles. The average molecular weight is 487 g/mol. The number of aryl methyl sites for hydroxylation is 1. The maximum absolute atomic E-state index is 13.0. The van der Waals surface area contributed by atoms with E-state index >= 15 is 0 Å². The third-order valence-electron chi connectivity index (χ3n) is 4.46. The molecule has 0 fully saturated rings. The van der Waals surface area contributed by atoms with Gasteiger partial charge in [-0.25, -0.2) is 24.2 Å². The van der Waals surface area contributed by atoms with Crippen molar-refractivity contribution in [2.45, 2.75) is 24.3 Å². The average Bonchev–Trinajstić information content (AvgIpc) is 2.82. The highest BCUT2D eigenvalue weighted by Crippen LogP contribution is 2.28. The zero-order valence-electron chi connectivity index (χ0n) is 18.1. The van der Waals surface area contributed by atoms with E-state index in [0.717, 1.165) is 5.56 Å². The highest BCUT2D eigenvalue weighted by molar-refractivity contribution is 7.98. The number of hydrogen-bond donors (Lipinski definition) is 1. The van der Waals surface area contributed by atoms with E-state index < -0.39 is 17.3 Å².